The minimum atomic E-state index is -3.44. The van der Waals surface area contributed by atoms with Crippen LogP contribution in [-0.4, -0.2) is 49.2 Å². The lowest BCUT2D eigenvalue weighted by atomic mass is 10.0. The van der Waals surface area contributed by atoms with Crippen molar-refractivity contribution in [2.75, 3.05) is 12.4 Å². The fourth-order valence-electron chi connectivity index (χ4n) is 2.26. The predicted octanol–water partition coefficient (Wildman–Crippen LogP) is 2.10. The molecule has 1 aliphatic heterocycles. The van der Waals surface area contributed by atoms with Crippen LogP contribution < -0.4 is 16.0 Å². The maximum atomic E-state index is 13.5. The van der Waals surface area contributed by atoms with Gasteiger partial charge in [-0.1, -0.05) is 0 Å². The molecule has 0 saturated heterocycles. The Morgan fingerprint density at radius 3 is 2.69 bits per heavy atom. The molecule has 0 bridgehead atoms. The maximum Gasteiger partial charge on any atom is 0.328 e. The lowest BCUT2D eigenvalue weighted by Crippen LogP contribution is -2.43. The van der Waals surface area contributed by atoms with Crippen molar-refractivity contribution in [1.82, 2.24) is 15.6 Å². The second kappa shape index (κ2) is 9.44. The fraction of sp³-hybridized carbons (Fsp3) is 0.222. The highest BCUT2D eigenvalue weighted by Crippen LogP contribution is 2.29. The standard InChI is InChI=1S/C18H20F2N8O/c1-11-9-18(19,20)15(29)26-13(11)8-14(21-2)27-17(23-4)28-16(22-3)25-12-6-5-7-24-10-12/h5-8,10H,2-3,9H2,1,4H3,(H,26,29)(H2,23,25,27,28)/b14-8+. The van der Waals surface area contributed by atoms with Crippen molar-refractivity contribution < 1.29 is 13.6 Å². The van der Waals surface area contributed by atoms with Crippen molar-refractivity contribution in [1.29, 1.82) is 0 Å². The third-order valence-corrected chi connectivity index (χ3v) is 3.71. The van der Waals surface area contributed by atoms with Gasteiger partial charge in [0.15, 0.2) is 0 Å². The van der Waals surface area contributed by atoms with E-state index in [1.54, 1.807) is 24.5 Å². The predicted molar refractivity (Wildman–Crippen MR) is 109 cm³/mol. The smallest absolute Gasteiger partial charge is 0.323 e. The second-order valence-corrected chi connectivity index (χ2v) is 5.85. The molecule has 0 aliphatic carbocycles. The summed E-state index contributed by atoms with van der Waals surface area (Å²) in [6.45, 7) is 8.36. The van der Waals surface area contributed by atoms with Crippen LogP contribution in [0.3, 0.4) is 0 Å². The van der Waals surface area contributed by atoms with E-state index in [1.165, 1.54) is 20.0 Å². The number of hydrogen-bond donors (Lipinski definition) is 3. The third kappa shape index (κ3) is 5.86. The van der Waals surface area contributed by atoms with Crippen molar-refractivity contribution in [3.8, 4) is 0 Å². The van der Waals surface area contributed by atoms with Crippen LogP contribution in [0.2, 0.25) is 0 Å². The number of aliphatic imine (C=N–C) groups is 4. The summed E-state index contributed by atoms with van der Waals surface area (Å²) in [6, 6.07) is 3.49. The lowest BCUT2D eigenvalue weighted by molar-refractivity contribution is -0.145. The summed E-state index contributed by atoms with van der Waals surface area (Å²) in [7, 11) is 1.48. The average Bonchev–Trinajstić information content (AvgIpc) is 2.70. The van der Waals surface area contributed by atoms with Crippen molar-refractivity contribution in [3.05, 3.63) is 47.7 Å². The highest BCUT2D eigenvalue weighted by molar-refractivity contribution is 6.04. The van der Waals surface area contributed by atoms with Crippen molar-refractivity contribution >= 4 is 36.9 Å². The molecular weight excluding hydrogens is 382 g/mol. The Kier molecular flexibility index (Phi) is 7.01. The van der Waals surface area contributed by atoms with Gasteiger partial charge in [0, 0.05) is 31.4 Å². The summed E-state index contributed by atoms with van der Waals surface area (Å²) >= 11 is 0. The van der Waals surface area contributed by atoms with E-state index < -0.39 is 18.3 Å². The molecule has 0 unspecified atom stereocenters. The van der Waals surface area contributed by atoms with Crippen molar-refractivity contribution in [2.45, 2.75) is 19.3 Å². The molecule has 152 valence electrons. The first kappa shape index (κ1) is 21.5. The number of halogens is 2. The molecule has 1 aromatic rings. The number of rotatable bonds is 4. The zero-order chi connectivity index (χ0) is 21.4. The number of carbonyl (C=O) groups is 1. The van der Waals surface area contributed by atoms with Crippen LogP contribution in [0.25, 0.3) is 0 Å². The highest BCUT2D eigenvalue weighted by Gasteiger charge is 2.42. The van der Waals surface area contributed by atoms with Crippen LogP contribution in [0.15, 0.2) is 67.7 Å². The van der Waals surface area contributed by atoms with E-state index in [1.807, 2.05) is 0 Å². The van der Waals surface area contributed by atoms with Crippen LogP contribution in [0.1, 0.15) is 13.3 Å². The average molecular weight is 402 g/mol. The van der Waals surface area contributed by atoms with E-state index in [4.69, 9.17) is 0 Å². The van der Waals surface area contributed by atoms with Crippen LogP contribution in [0.5, 0.6) is 0 Å². The Morgan fingerprint density at radius 1 is 1.34 bits per heavy atom. The quantitative estimate of drug-likeness (QED) is 0.528. The minimum absolute atomic E-state index is 0.0909. The van der Waals surface area contributed by atoms with Gasteiger partial charge in [-0.05, 0) is 38.1 Å². The molecule has 1 aromatic heterocycles. The maximum absolute atomic E-state index is 13.5. The Bertz CT molecular complexity index is 919. The molecule has 0 fully saturated rings. The second-order valence-electron chi connectivity index (χ2n) is 5.85. The molecule has 1 aliphatic rings. The molecule has 11 heteroatoms. The van der Waals surface area contributed by atoms with Crippen LogP contribution in [-0.2, 0) is 4.79 Å². The van der Waals surface area contributed by atoms with Gasteiger partial charge in [-0.25, -0.2) is 9.98 Å². The minimum Gasteiger partial charge on any atom is -0.323 e. The number of amides is 1. The normalized spacial score (nSPS) is 17.5. The molecule has 2 heterocycles. The number of anilines is 1. The summed E-state index contributed by atoms with van der Waals surface area (Å²) in [5, 5.41) is 7.86. The number of aromatic nitrogens is 1. The SMILES string of the molecule is C=NC(=NC(=NC)N/C(=C/C1=C(C)CC(F)(F)C(=O)N1)N=C)Nc1cccnc1. The van der Waals surface area contributed by atoms with Gasteiger partial charge in [0.25, 0.3) is 5.91 Å². The molecular formula is C18H20F2N8O. The summed E-state index contributed by atoms with van der Waals surface area (Å²) < 4.78 is 27.0. The molecule has 9 nitrogen and oxygen atoms in total. The molecule has 0 aromatic carbocycles. The number of alkyl halides is 2. The fourth-order valence-corrected chi connectivity index (χ4v) is 2.26. The van der Waals surface area contributed by atoms with Gasteiger partial charge in [0.05, 0.1) is 11.9 Å². The van der Waals surface area contributed by atoms with Crippen LogP contribution >= 0.6 is 0 Å². The van der Waals surface area contributed by atoms with E-state index in [0.29, 0.717) is 11.3 Å². The Labute approximate surface area is 166 Å². The highest BCUT2D eigenvalue weighted by atomic mass is 19.3. The van der Waals surface area contributed by atoms with Gasteiger partial charge in [-0.2, -0.15) is 13.8 Å². The number of nitrogens with one attached hydrogen (secondary N) is 3. The van der Waals surface area contributed by atoms with Gasteiger partial charge < -0.3 is 16.0 Å². The molecule has 0 spiro atoms. The van der Waals surface area contributed by atoms with E-state index in [0.717, 1.165) is 0 Å². The summed E-state index contributed by atoms with van der Waals surface area (Å²) in [6.07, 6.45) is 3.88. The summed E-state index contributed by atoms with van der Waals surface area (Å²) in [5.41, 5.74) is 1.13. The number of nitrogens with zero attached hydrogens (tertiary/aromatic N) is 5. The zero-order valence-electron chi connectivity index (χ0n) is 15.9. The van der Waals surface area contributed by atoms with E-state index >= 15 is 0 Å². The largest absolute Gasteiger partial charge is 0.328 e. The molecule has 0 atom stereocenters. The molecule has 2 rings (SSSR count). The van der Waals surface area contributed by atoms with Crippen molar-refractivity contribution in [3.63, 3.8) is 0 Å². The van der Waals surface area contributed by atoms with Crippen LogP contribution in [0, 0.1) is 0 Å². The van der Waals surface area contributed by atoms with Gasteiger partial charge in [0.2, 0.25) is 11.9 Å². The van der Waals surface area contributed by atoms with Crippen molar-refractivity contribution in [2.24, 2.45) is 20.0 Å². The first-order chi connectivity index (χ1) is 13.8. The molecule has 0 saturated carbocycles. The third-order valence-electron chi connectivity index (χ3n) is 3.71. The van der Waals surface area contributed by atoms with Crippen LogP contribution in [0.4, 0.5) is 14.5 Å². The Hall–Kier alpha value is -3.76. The topological polar surface area (TPSA) is 115 Å². The summed E-state index contributed by atoms with van der Waals surface area (Å²) in [4.78, 5) is 31.2. The van der Waals surface area contributed by atoms with E-state index in [2.05, 4.69) is 54.3 Å². The molecule has 0 radical (unpaired) electrons. The zero-order valence-corrected chi connectivity index (χ0v) is 15.9. The van der Waals surface area contributed by atoms with E-state index in [9.17, 15) is 13.6 Å². The van der Waals surface area contributed by atoms with Gasteiger partial charge in [-0.3, -0.25) is 14.8 Å². The monoisotopic (exact) mass is 402 g/mol. The van der Waals surface area contributed by atoms with Gasteiger partial charge in [0.1, 0.15) is 5.82 Å². The first-order valence-electron chi connectivity index (χ1n) is 8.32. The molecule has 3 N–H and O–H groups in total. The van der Waals surface area contributed by atoms with E-state index in [-0.39, 0.29) is 23.4 Å². The summed E-state index contributed by atoms with van der Waals surface area (Å²) in [5.74, 6) is -4.46. The van der Waals surface area contributed by atoms with Gasteiger partial charge >= 0.3 is 5.92 Å². The first-order valence-corrected chi connectivity index (χ1v) is 8.32. The number of carbonyl (C=O) groups excluding carboxylic acids is 1. The molecule has 29 heavy (non-hydrogen) atoms. The number of hydrogen-bond acceptors (Lipinski definition) is 4. The number of guanidine groups is 2. The lowest BCUT2D eigenvalue weighted by Gasteiger charge is -2.24. The number of pyridine rings is 1. The van der Waals surface area contributed by atoms with Gasteiger partial charge in [-0.15, -0.1) is 0 Å². The number of allylic oxidation sites excluding steroid dienone is 2. The Morgan fingerprint density at radius 2 is 2.10 bits per heavy atom. The Balaban J connectivity index is 2.21. The molecule has 1 amide bonds.